The number of nitrogens with zero attached hydrogens (tertiary/aromatic N) is 5. The number of ether oxygens (including phenoxy) is 2. The Bertz CT molecular complexity index is 1640. The predicted octanol–water partition coefficient (Wildman–Crippen LogP) is 3.03. The number of aryl methyl sites for hydroxylation is 1. The fourth-order valence-corrected chi connectivity index (χ4v) is 5.36. The molecule has 38 heavy (non-hydrogen) atoms. The number of methoxy groups -OCH3 is 1. The van der Waals surface area contributed by atoms with Gasteiger partial charge in [-0.15, -0.1) is 11.4 Å². The number of fused-ring (bicyclic) bond motifs is 1. The number of thiophene rings is 1. The number of benzene rings is 1. The Kier molecular flexibility index (Phi) is 7.33. The lowest BCUT2D eigenvalue weighted by Crippen LogP contribution is -2.52. The monoisotopic (exact) mass is 543 g/mol. The fourth-order valence-electron chi connectivity index (χ4n) is 4.14. The number of carbonyl (C=O) groups is 1. The van der Waals surface area contributed by atoms with E-state index in [4.69, 9.17) is 9.47 Å². The molecule has 0 aliphatic rings. The Morgan fingerprint density at radius 3 is 2.58 bits per heavy atom. The molecular weight excluding hydrogens is 517 g/mol. The molecule has 11 nitrogen and oxygen atoms in total. The molecule has 1 N–H and O–H groups in total. The topological polar surface area (TPSA) is 130 Å². The van der Waals surface area contributed by atoms with Gasteiger partial charge in [0.25, 0.3) is 5.56 Å². The second-order valence-electron chi connectivity index (χ2n) is 8.93. The van der Waals surface area contributed by atoms with E-state index in [0.717, 1.165) is 11.3 Å². The third-order valence-electron chi connectivity index (χ3n) is 6.17. The summed E-state index contributed by atoms with van der Waals surface area (Å²) >= 11 is 1.10. The van der Waals surface area contributed by atoms with Crippen LogP contribution in [0.25, 0.3) is 15.2 Å². The first-order valence-corrected chi connectivity index (χ1v) is 12.3. The smallest absolute Gasteiger partial charge is 0.333 e. The van der Waals surface area contributed by atoms with Gasteiger partial charge in [-0.2, -0.15) is 10.2 Å². The van der Waals surface area contributed by atoms with Crippen LogP contribution in [0.2, 0.25) is 0 Å². The van der Waals surface area contributed by atoms with Gasteiger partial charge in [0, 0.05) is 11.1 Å². The molecule has 0 saturated heterocycles. The predicted molar refractivity (Wildman–Crippen MR) is 139 cm³/mol. The summed E-state index contributed by atoms with van der Waals surface area (Å²) in [7, 11) is 1.42. The number of halogens is 1. The van der Waals surface area contributed by atoms with Crippen LogP contribution in [0.15, 0.2) is 52.8 Å². The summed E-state index contributed by atoms with van der Waals surface area (Å²) in [6.07, 6.45) is 3.52. The fraction of sp³-hybridized carbons (Fsp3) is 0.320. The van der Waals surface area contributed by atoms with Gasteiger partial charge in [-0.05, 0) is 39.0 Å². The number of rotatable bonds is 10. The van der Waals surface area contributed by atoms with Gasteiger partial charge in [0.1, 0.15) is 33.0 Å². The quantitative estimate of drug-likeness (QED) is 0.302. The van der Waals surface area contributed by atoms with Crippen molar-refractivity contribution in [3.05, 3.63) is 81.0 Å². The van der Waals surface area contributed by atoms with Crippen molar-refractivity contribution in [1.82, 2.24) is 24.1 Å². The number of hydrogen-bond acceptors (Lipinski definition) is 8. The zero-order valence-corrected chi connectivity index (χ0v) is 22.0. The molecule has 4 rings (SSSR count). The van der Waals surface area contributed by atoms with Gasteiger partial charge in [0.15, 0.2) is 0 Å². The molecule has 4 aromatic rings. The number of hydrogen-bond donors (Lipinski definition) is 1. The number of carboxylic acids is 1. The second-order valence-corrected chi connectivity index (χ2v) is 9.90. The molecule has 1 atom stereocenters. The summed E-state index contributed by atoms with van der Waals surface area (Å²) in [5.41, 5.74) is -2.70. The molecule has 0 saturated carbocycles. The van der Waals surface area contributed by atoms with Gasteiger partial charge < -0.3 is 14.6 Å². The standard InChI is InChI=1S/C25H26FN5O6S/c1-6-11-37-18(16-12-15(26)7-8-17(16)36-5)13-29-22-19(14(2)21(38-22)31-27-9-10-28-31)20(32)30(24(29)35)25(3,4)23(33)34/h6-10,12,18H,1,11,13H2,2-5H3,(H,33,34)/t18-/m0/s1. The largest absolute Gasteiger partial charge is 0.496 e. The van der Waals surface area contributed by atoms with Crippen LogP contribution >= 0.6 is 11.3 Å². The SMILES string of the molecule is C=CCO[C@@H](Cn1c(=O)n(C(C)(C)C(=O)O)c(=O)c2c(C)c(-n3nccn3)sc21)c1cc(F)ccc1OC. The zero-order valence-electron chi connectivity index (χ0n) is 21.2. The van der Waals surface area contributed by atoms with Crippen LogP contribution in [0, 0.1) is 12.7 Å². The van der Waals surface area contributed by atoms with Gasteiger partial charge in [0.05, 0.1) is 38.0 Å². The summed E-state index contributed by atoms with van der Waals surface area (Å²) in [5, 5.41) is 18.8. The minimum Gasteiger partial charge on any atom is -0.496 e. The molecule has 0 spiro atoms. The minimum atomic E-state index is -1.88. The van der Waals surface area contributed by atoms with Crippen LogP contribution in [0.1, 0.15) is 31.1 Å². The first-order valence-electron chi connectivity index (χ1n) is 11.5. The van der Waals surface area contributed by atoms with Crippen LogP contribution in [-0.4, -0.2) is 48.9 Å². The van der Waals surface area contributed by atoms with Crippen LogP contribution in [0.3, 0.4) is 0 Å². The summed E-state index contributed by atoms with van der Waals surface area (Å²) in [4.78, 5) is 41.3. The Morgan fingerprint density at radius 1 is 1.29 bits per heavy atom. The minimum absolute atomic E-state index is 0.0639. The van der Waals surface area contributed by atoms with Gasteiger partial charge in [-0.1, -0.05) is 17.4 Å². The Morgan fingerprint density at radius 2 is 1.97 bits per heavy atom. The van der Waals surface area contributed by atoms with Crippen molar-refractivity contribution in [3.8, 4) is 10.8 Å². The number of carboxylic acid groups (broad SMARTS) is 1. The molecule has 3 heterocycles. The zero-order chi connectivity index (χ0) is 27.8. The van der Waals surface area contributed by atoms with Gasteiger partial charge in [-0.3, -0.25) is 9.36 Å². The lowest BCUT2D eigenvalue weighted by atomic mass is 10.1. The maximum atomic E-state index is 14.3. The highest BCUT2D eigenvalue weighted by Gasteiger charge is 2.36. The summed E-state index contributed by atoms with van der Waals surface area (Å²) < 4.78 is 27.6. The van der Waals surface area contributed by atoms with Crippen LogP contribution < -0.4 is 16.0 Å². The Balaban J connectivity index is 2.05. The molecule has 0 fully saturated rings. The van der Waals surface area contributed by atoms with E-state index in [-0.39, 0.29) is 23.4 Å². The first kappa shape index (κ1) is 26.9. The highest BCUT2D eigenvalue weighted by Crippen LogP contribution is 2.34. The highest BCUT2D eigenvalue weighted by molar-refractivity contribution is 7.21. The molecule has 0 radical (unpaired) electrons. The van der Waals surface area contributed by atoms with Crippen LogP contribution in [0.5, 0.6) is 5.75 Å². The molecule has 3 aromatic heterocycles. The van der Waals surface area contributed by atoms with Gasteiger partial charge in [0.2, 0.25) is 0 Å². The second kappa shape index (κ2) is 10.3. The van der Waals surface area contributed by atoms with Crippen molar-refractivity contribution in [2.75, 3.05) is 13.7 Å². The third kappa shape index (κ3) is 4.54. The lowest BCUT2D eigenvalue weighted by Gasteiger charge is -2.25. The van der Waals surface area contributed by atoms with Gasteiger partial charge >= 0.3 is 11.7 Å². The lowest BCUT2D eigenvalue weighted by molar-refractivity contribution is -0.146. The number of aliphatic carboxylic acids is 1. The molecule has 0 unspecified atom stereocenters. The van der Waals surface area contributed by atoms with Crippen LogP contribution in [0.4, 0.5) is 4.39 Å². The van der Waals surface area contributed by atoms with E-state index in [9.17, 15) is 23.9 Å². The van der Waals surface area contributed by atoms with E-state index in [2.05, 4.69) is 16.8 Å². The molecule has 1 aromatic carbocycles. The average molecular weight is 544 g/mol. The van der Waals surface area contributed by atoms with E-state index in [1.165, 1.54) is 67.0 Å². The highest BCUT2D eigenvalue weighted by atomic mass is 32.1. The van der Waals surface area contributed by atoms with Crippen molar-refractivity contribution >= 4 is 27.5 Å². The van der Waals surface area contributed by atoms with Crippen molar-refractivity contribution in [2.24, 2.45) is 0 Å². The van der Waals surface area contributed by atoms with E-state index >= 15 is 0 Å². The normalized spacial score (nSPS) is 12.6. The Hall–Kier alpha value is -4.10. The van der Waals surface area contributed by atoms with Crippen molar-refractivity contribution < 1.29 is 23.8 Å². The van der Waals surface area contributed by atoms with Gasteiger partial charge in [-0.25, -0.2) is 18.5 Å². The molecule has 13 heteroatoms. The van der Waals surface area contributed by atoms with E-state index in [1.807, 2.05) is 0 Å². The van der Waals surface area contributed by atoms with E-state index < -0.39 is 34.7 Å². The van der Waals surface area contributed by atoms with Crippen molar-refractivity contribution in [2.45, 2.75) is 39.0 Å². The van der Waals surface area contributed by atoms with Crippen molar-refractivity contribution in [1.29, 1.82) is 0 Å². The number of aromatic nitrogens is 5. The van der Waals surface area contributed by atoms with Crippen LogP contribution in [-0.2, 0) is 21.6 Å². The summed E-state index contributed by atoms with van der Waals surface area (Å²) in [6, 6.07) is 3.92. The average Bonchev–Trinajstić information content (AvgIpc) is 3.51. The maximum Gasteiger partial charge on any atom is 0.333 e. The maximum absolute atomic E-state index is 14.3. The molecule has 200 valence electrons. The molecule has 0 amide bonds. The Labute approximate surface area is 220 Å². The molecule has 0 aliphatic carbocycles. The summed E-state index contributed by atoms with van der Waals surface area (Å²) in [5.74, 6) is -1.58. The summed E-state index contributed by atoms with van der Waals surface area (Å²) in [6.45, 7) is 7.75. The molecule has 0 aliphatic heterocycles. The molecule has 0 bridgehead atoms. The van der Waals surface area contributed by atoms with E-state index in [1.54, 1.807) is 6.92 Å². The third-order valence-corrected chi connectivity index (χ3v) is 7.45. The van der Waals surface area contributed by atoms with E-state index in [0.29, 0.717) is 26.4 Å². The first-order chi connectivity index (χ1) is 18.0. The molecular formula is C25H26FN5O6S. The van der Waals surface area contributed by atoms with Crippen molar-refractivity contribution in [3.63, 3.8) is 0 Å².